The van der Waals surface area contributed by atoms with Crippen molar-refractivity contribution in [3.8, 4) is 0 Å². The van der Waals surface area contributed by atoms with Crippen molar-refractivity contribution in [3.05, 3.63) is 58.8 Å². The van der Waals surface area contributed by atoms with Gasteiger partial charge < -0.3 is 4.90 Å². The van der Waals surface area contributed by atoms with Crippen molar-refractivity contribution >= 4 is 17.9 Å². The average molecular weight is 465 g/mol. The zero-order chi connectivity index (χ0) is 23.6. The molecule has 1 fully saturated rings. The highest BCUT2D eigenvalue weighted by molar-refractivity contribution is 5.94. The first-order valence-electron chi connectivity index (χ1n) is 10.4. The molecule has 0 saturated carbocycles. The SMILES string of the molecule is Cc1cc(NN2CC=NC=C2CN2CCN(C(=O)c3cccc(C(F)(F)F)c3F)CC2)n[nH]1. The number of benzene rings is 1. The fourth-order valence-electron chi connectivity index (χ4n) is 3.74. The summed E-state index contributed by atoms with van der Waals surface area (Å²) in [5.41, 5.74) is 3.05. The van der Waals surface area contributed by atoms with Crippen LogP contribution in [0.25, 0.3) is 0 Å². The van der Waals surface area contributed by atoms with E-state index >= 15 is 0 Å². The predicted octanol–water partition coefficient (Wildman–Crippen LogP) is 2.89. The fourth-order valence-corrected chi connectivity index (χ4v) is 3.74. The smallest absolute Gasteiger partial charge is 0.336 e. The Morgan fingerprint density at radius 1 is 1.21 bits per heavy atom. The Labute approximate surface area is 187 Å². The molecular formula is C21H23F4N7O. The number of carbonyl (C=O) groups excluding carboxylic acids is 1. The van der Waals surface area contributed by atoms with Crippen molar-refractivity contribution in [1.29, 1.82) is 0 Å². The summed E-state index contributed by atoms with van der Waals surface area (Å²) in [6, 6.07) is 4.65. The van der Waals surface area contributed by atoms with E-state index in [-0.39, 0.29) is 13.1 Å². The Hall–Kier alpha value is -3.41. The molecule has 1 saturated heterocycles. The standard InChI is InChI=1S/C21H23F4N7O/c1-14-11-18(28-27-14)29-32-6-5-26-12-15(32)13-30-7-9-31(10-8-30)20(33)16-3-2-4-17(19(16)22)21(23,24)25/h2-5,11-12H,6-10,13H2,1H3,(H2,27,28,29). The van der Waals surface area contributed by atoms with E-state index in [1.807, 2.05) is 18.0 Å². The maximum Gasteiger partial charge on any atom is 0.419 e. The van der Waals surface area contributed by atoms with Gasteiger partial charge in [-0.3, -0.25) is 30.2 Å². The number of halogens is 4. The lowest BCUT2D eigenvalue weighted by Crippen LogP contribution is -2.50. The number of nitrogens with one attached hydrogen (secondary N) is 2. The molecule has 1 aromatic heterocycles. The van der Waals surface area contributed by atoms with Gasteiger partial charge in [-0.1, -0.05) is 6.07 Å². The van der Waals surface area contributed by atoms with Gasteiger partial charge in [-0.15, -0.1) is 0 Å². The van der Waals surface area contributed by atoms with Crippen molar-refractivity contribution < 1.29 is 22.4 Å². The molecule has 2 aromatic rings. The van der Waals surface area contributed by atoms with Crippen LogP contribution in [-0.4, -0.2) is 76.4 Å². The zero-order valence-electron chi connectivity index (χ0n) is 17.9. The third-order valence-corrected chi connectivity index (χ3v) is 5.47. The number of aromatic amines is 1. The molecule has 0 unspecified atom stereocenters. The second-order valence-electron chi connectivity index (χ2n) is 7.84. The molecule has 176 valence electrons. The van der Waals surface area contributed by atoms with Crippen molar-refractivity contribution in [2.45, 2.75) is 13.1 Å². The van der Waals surface area contributed by atoms with Crippen LogP contribution in [0, 0.1) is 12.7 Å². The molecule has 1 amide bonds. The van der Waals surface area contributed by atoms with Gasteiger partial charge in [0, 0.05) is 56.9 Å². The molecule has 2 aliphatic rings. The number of aryl methyl sites for hydroxylation is 1. The van der Waals surface area contributed by atoms with E-state index in [1.165, 1.54) is 4.90 Å². The molecule has 12 heteroatoms. The van der Waals surface area contributed by atoms with Crippen molar-refractivity contribution in [3.63, 3.8) is 0 Å². The summed E-state index contributed by atoms with van der Waals surface area (Å²) in [6.07, 6.45) is -1.36. The van der Waals surface area contributed by atoms with Gasteiger partial charge >= 0.3 is 6.18 Å². The average Bonchev–Trinajstić information content (AvgIpc) is 3.19. The summed E-state index contributed by atoms with van der Waals surface area (Å²) in [4.78, 5) is 20.4. The normalized spacial score (nSPS) is 17.3. The molecule has 3 heterocycles. The van der Waals surface area contributed by atoms with Gasteiger partial charge in [-0.05, 0) is 19.1 Å². The molecule has 1 aromatic carbocycles. The number of hydrogen-bond acceptors (Lipinski definition) is 6. The lowest BCUT2D eigenvalue weighted by Gasteiger charge is -2.37. The number of amides is 1. The second-order valence-corrected chi connectivity index (χ2v) is 7.84. The molecule has 0 bridgehead atoms. The Balaban J connectivity index is 1.36. The maximum absolute atomic E-state index is 14.4. The molecule has 33 heavy (non-hydrogen) atoms. The number of carbonyl (C=O) groups is 1. The van der Waals surface area contributed by atoms with Gasteiger partial charge in [-0.25, -0.2) is 4.39 Å². The van der Waals surface area contributed by atoms with Gasteiger partial charge in [-0.2, -0.15) is 18.3 Å². The molecule has 0 aliphatic carbocycles. The van der Waals surface area contributed by atoms with Crippen molar-refractivity contribution in [2.24, 2.45) is 4.99 Å². The van der Waals surface area contributed by atoms with Crippen molar-refractivity contribution in [2.75, 3.05) is 44.7 Å². The summed E-state index contributed by atoms with van der Waals surface area (Å²) in [7, 11) is 0. The van der Waals surface area contributed by atoms with Crippen LogP contribution in [0.15, 0.2) is 41.2 Å². The molecule has 4 rings (SSSR count). The number of aliphatic imine (C=N–C) groups is 1. The van der Waals surface area contributed by atoms with Gasteiger partial charge in [0.15, 0.2) is 5.82 Å². The summed E-state index contributed by atoms with van der Waals surface area (Å²) >= 11 is 0. The molecule has 0 radical (unpaired) electrons. The number of rotatable bonds is 5. The lowest BCUT2D eigenvalue weighted by atomic mass is 10.1. The van der Waals surface area contributed by atoms with Crippen LogP contribution in [0.5, 0.6) is 0 Å². The highest BCUT2D eigenvalue weighted by Crippen LogP contribution is 2.32. The lowest BCUT2D eigenvalue weighted by molar-refractivity contribution is -0.140. The van der Waals surface area contributed by atoms with Gasteiger partial charge in [0.25, 0.3) is 5.91 Å². The monoisotopic (exact) mass is 465 g/mol. The van der Waals surface area contributed by atoms with Gasteiger partial charge in [0.05, 0.1) is 23.4 Å². The number of anilines is 1. The summed E-state index contributed by atoms with van der Waals surface area (Å²) < 4.78 is 53.3. The Morgan fingerprint density at radius 2 is 1.97 bits per heavy atom. The van der Waals surface area contributed by atoms with Crippen LogP contribution in [0.2, 0.25) is 0 Å². The number of piperazine rings is 1. The summed E-state index contributed by atoms with van der Waals surface area (Å²) in [5, 5.41) is 8.95. The molecule has 0 spiro atoms. The summed E-state index contributed by atoms with van der Waals surface area (Å²) in [6.45, 7) is 4.52. The number of hydrazine groups is 1. The van der Waals surface area contributed by atoms with Crippen LogP contribution in [-0.2, 0) is 6.18 Å². The predicted molar refractivity (Wildman–Crippen MR) is 114 cm³/mol. The van der Waals surface area contributed by atoms with Crippen LogP contribution >= 0.6 is 0 Å². The number of hydrogen-bond donors (Lipinski definition) is 2. The van der Waals surface area contributed by atoms with Gasteiger partial charge in [0.1, 0.15) is 5.82 Å². The largest absolute Gasteiger partial charge is 0.419 e. The first kappa shape index (κ1) is 22.8. The van der Waals surface area contributed by atoms with Crippen molar-refractivity contribution in [1.82, 2.24) is 25.0 Å². The Kier molecular flexibility index (Phi) is 6.36. The van der Waals surface area contributed by atoms with Crippen LogP contribution in [0.1, 0.15) is 21.6 Å². The summed E-state index contributed by atoms with van der Waals surface area (Å²) in [5.74, 6) is -1.60. The minimum atomic E-state index is -4.86. The number of nitrogens with zero attached hydrogens (tertiary/aromatic N) is 5. The molecule has 2 N–H and O–H groups in total. The number of H-pyrrole nitrogens is 1. The van der Waals surface area contributed by atoms with E-state index < -0.39 is 29.0 Å². The minimum Gasteiger partial charge on any atom is -0.336 e. The molecule has 0 atom stereocenters. The van der Waals surface area contributed by atoms with E-state index in [4.69, 9.17) is 0 Å². The second kappa shape index (κ2) is 9.22. The third-order valence-electron chi connectivity index (χ3n) is 5.47. The zero-order valence-corrected chi connectivity index (χ0v) is 17.9. The van der Waals surface area contributed by atoms with E-state index in [1.54, 1.807) is 12.4 Å². The Bertz CT molecular complexity index is 1070. The fraction of sp³-hybridized carbons (Fsp3) is 0.381. The molecular weight excluding hydrogens is 442 g/mol. The van der Waals surface area contributed by atoms with Crippen LogP contribution in [0.4, 0.5) is 23.4 Å². The molecule has 8 nitrogen and oxygen atoms in total. The maximum atomic E-state index is 14.4. The number of aromatic nitrogens is 2. The highest BCUT2D eigenvalue weighted by atomic mass is 19.4. The highest BCUT2D eigenvalue weighted by Gasteiger charge is 2.36. The minimum absolute atomic E-state index is 0.275. The third kappa shape index (κ3) is 5.16. The number of alkyl halides is 3. The van der Waals surface area contributed by atoms with E-state index in [9.17, 15) is 22.4 Å². The topological polar surface area (TPSA) is 79.9 Å². The van der Waals surface area contributed by atoms with Crippen LogP contribution < -0.4 is 5.43 Å². The van der Waals surface area contributed by atoms with E-state index in [0.29, 0.717) is 38.1 Å². The Morgan fingerprint density at radius 3 is 2.64 bits per heavy atom. The van der Waals surface area contributed by atoms with Crippen LogP contribution in [0.3, 0.4) is 0 Å². The van der Waals surface area contributed by atoms with E-state index in [0.717, 1.165) is 23.5 Å². The van der Waals surface area contributed by atoms with E-state index in [2.05, 4.69) is 25.5 Å². The molecule has 2 aliphatic heterocycles. The first-order chi connectivity index (χ1) is 15.7. The van der Waals surface area contributed by atoms with Gasteiger partial charge in [0.2, 0.25) is 0 Å². The quantitative estimate of drug-likeness (QED) is 0.664. The first-order valence-corrected chi connectivity index (χ1v) is 10.4.